The number of amides is 1. The SMILES string of the molecule is COCC(=O)N1CC[C@H]2[C@@H](C1)CC(C)(C)N2c1cccc(F)c1. The van der Waals surface area contributed by atoms with Crippen LogP contribution in [0.2, 0.25) is 0 Å². The predicted octanol–water partition coefficient (Wildman–Crippen LogP) is 2.68. The molecule has 2 fully saturated rings. The van der Waals surface area contributed by atoms with Gasteiger partial charge in [0, 0.05) is 37.5 Å². The third-order valence-electron chi connectivity index (χ3n) is 5.15. The number of halogens is 1. The quantitative estimate of drug-likeness (QED) is 0.858. The average Bonchev–Trinajstić information content (AvgIpc) is 2.76. The van der Waals surface area contributed by atoms with E-state index < -0.39 is 0 Å². The molecule has 3 rings (SSSR count). The molecular formula is C18H25FN2O2. The van der Waals surface area contributed by atoms with Gasteiger partial charge in [-0.15, -0.1) is 0 Å². The topological polar surface area (TPSA) is 32.8 Å². The highest BCUT2D eigenvalue weighted by atomic mass is 19.1. The Morgan fingerprint density at radius 1 is 1.43 bits per heavy atom. The van der Waals surface area contributed by atoms with Crippen molar-refractivity contribution in [3.05, 3.63) is 30.1 Å². The molecule has 5 heteroatoms. The molecule has 1 aromatic carbocycles. The highest BCUT2D eigenvalue weighted by Crippen LogP contribution is 2.44. The molecule has 2 saturated heterocycles. The Kier molecular flexibility index (Phi) is 4.32. The minimum Gasteiger partial charge on any atom is -0.375 e. The smallest absolute Gasteiger partial charge is 0.248 e. The molecule has 0 bridgehead atoms. The van der Waals surface area contributed by atoms with Gasteiger partial charge in [-0.3, -0.25) is 4.79 Å². The second-order valence-corrected chi connectivity index (χ2v) is 7.26. The molecule has 1 amide bonds. The Bertz CT molecular complexity index is 590. The molecule has 2 heterocycles. The first-order valence-corrected chi connectivity index (χ1v) is 8.24. The summed E-state index contributed by atoms with van der Waals surface area (Å²) in [5, 5.41) is 0. The number of piperidine rings is 1. The second kappa shape index (κ2) is 6.11. The van der Waals surface area contributed by atoms with Crippen LogP contribution in [-0.2, 0) is 9.53 Å². The zero-order valence-electron chi connectivity index (χ0n) is 14.1. The fourth-order valence-corrected chi connectivity index (χ4v) is 4.36. The van der Waals surface area contributed by atoms with Crippen molar-refractivity contribution in [3.8, 4) is 0 Å². The van der Waals surface area contributed by atoms with E-state index in [1.165, 1.54) is 6.07 Å². The number of fused-ring (bicyclic) bond motifs is 1. The molecule has 126 valence electrons. The number of hydrogen-bond acceptors (Lipinski definition) is 3. The molecule has 23 heavy (non-hydrogen) atoms. The van der Waals surface area contributed by atoms with E-state index in [0.29, 0.717) is 12.0 Å². The van der Waals surface area contributed by atoms with Crippen LogP contribution in [0.3, 0.4) is 0 Å². The lowest BCUT2D eigenvalue weighted by molar-refractivity contribution is -0.137. The minimum atomic E-state index is -0.200. The minimum absolute atomic E-state index is 0.0383. The van der Waals surface area contributed by atoms with E-state index in [0.717, 1.165) is 31.6 Å². The van der Waals surface area contributed by atoms with Crippen LogP contribution in [0.4, 0.5) is 10.1 Å². The number of benzene rings is 1. The number of ether oxygens (including phenoxy) is 1. The summed E-state index contributed by atoms with van der Waals surface area (Å²) in [5.41, 5.74) is 0.905. The number of carbonyl (C=O) groups excluding carboxylic acids is 1. The zero-order valence-corrected chi connectivity index (χ0v) is 14.1. The Hall–Kier alpha value is -1.62. The van der Waals surface area contributed by atoms with E-state index in [2.05, 4.69) is 18.7 Å². The molecule has 0 unspecified atom stereocenters. The van der Waals surface area contributed by atoms with Crippen LogP contribution in [0.1, 0.15) is 26.7 Å². The normalized spacial score (nSPS) is 26.3. The van der Waals surface area contributed by atoms with Crippen molar-refractivity contribution in [2.75, 3.05) is 31.7 Å². The van der Waals surface area contributed by atoms with Gasteiger partial charge < -0.3 is 14.5 Å². The lowest BCUT2D eigenvalue weighted by atomic mass is 9.90. The molecule has 0 spiro atoms. The first kappa shape index (κ1) is 16.2. The second-order valence-electron chi connectivity index (χ2n) is 7.26. The maximum Gasteiger partial charge on any atom is 0.248 e. The van der Waals surface area contributed by atoms with E-state index in [1.807, 2.05) is 11.0 Å². The van der Waals surface area contributed by atoms with Gasteiger partial charge in [-0.1, -0.05) is 6.07 Å². The van der Waals surface area contributed by atoms with Gasteiger partial charge in [-0.05, 0) is 50.8 Å². The van der Waals surface area contributed by atoms with Gasteiger partial charge in [-0.2, -0.15) is 0 Å². The van der Waals surface area contributed by atoms with E-state index in [1.54, 1.807) is 19.2 Å². The molecule has 0 radical (unpaired) electrons. The van der Waals surface area contributed by atoms with Crippen molar-refractivity contribution < 1.29 is 13.9 Å². The van der Waals surface area contributed by atoms with Crippen LogP contribution < -0.4 is 4.90 Å². The number of anilines is 1. The third-order valence-corrected chi connectivity index (χ3v) is 5.15. The summed E-state index contributed by atoms with van der Waals surface area (Å²) in [7, 11) is 1.55. The van der Waals surface area contributed by atoms with Crippen molar-refractivity contribution in [3.63, 3.8) is 0 Å². The summed E-state index contributed by atoms with van der Waals surface area (Å²) < 4.78 is 18.6. The molecule has 0 aromatic heterocycles. The number of hydrogen-bond donors (Lipinski definition) is 0. The highest BCUT2D eigenvalue weighted by molar-refractivity contribution is 5.77. The summed E-state index contributed by atoms with van der Waals surface area (Å²) in [4.78, 5) is 16.4. The monoisotopic (exact) mass is 320 g/mol. The van der Waals surface area contributed by atoms with Gasteiger partial charge >= 0.3 is 0 Å². The van der Waals surface area contributed by atoms with Crippen molar-refractivity contribution in [1.29, 1.82) is 0 Å². The molecule has 0 N–H and O–H groups in total. The lowest BCUT2D eigenvalue weighted by Gasteiger charge is -2.41. The first-order valence-electron chi connectivity index (χ1n) is 8.24. The predicted molar refractivity (Wildman–Crippen MR) is 87.9 cm³/mol. The van der Waals surface area contributed by atoms with Crippen LogP contribution in [0, 0.1) is 11.7 Å². The van der Waals surface area contributed by atoms with Gasteiger partial charge in [0.2, 0.25) is 5.91 Å². The Labute approximate surface area is 137 Å². The lowest BCUT2D eigenvalue weighted by Crippen LogP contribution is -2.50. The summed E-state index contributed by atoms with van der Waals surface area (Å²) in [5.74, 6) is 0.283. The Morgan fingerprint density at radius 2 is 2.22 bits per heavy atom. The van der Waals surface area contributed by atoms with E-state index in [4.69, 9.17) is 4.74 Å². The van der Waals surface area contributed by atoms with Crippen molar-refractivity contribution in [2.24, 2.45) is 5.92 Å². The molecule has 2 aliphatic heterocycles. The van der Waals surface area contributed by atoms with E-state index in [-0.39, 0.29) is 23.9 Å². The van der Waals surface area contributed by atoms with Crippen LogP contribution in [0.5, 0.6) is 0 Å². The highest BCUT2D eigenvalue weighted by Gasteiger charge is 2.48. The third kappa shape index (κ3) is 3.07. The van der Waals surface area contributed by atoms with Crippen LogP contribution in [0.25, 0.3) is 0 Å². The number of likely N-dealkylation sites (tertiary alicyclic amines) is 1. The summed E-state index contributed by atoms with van der Waals surface area (Å²) in [6.45, 7) is 6.07. The fourth-order valence-electron chi connectivity index (χ4n) is 4.36. The van der Waals surface area contributed by atoms with Gasteiger partial charge in [0.15, 0.2) is 0 Å². The Balaban J connectivity index is 1.81. The molecule has 2 atom stereocenters. The van der Waals surface area contributed by atoms with Crippen LogP contribution >= 0.6 is 0 Å². The standard InChI is InChI=1S/C18H25FN2O2/c1-18(2)10-13-11-20(17(22)12-23-3)8-7-16(13)21(18)15-6-4-5-14(19)9-15/h4-6,9,13,16H,7-8,10-12H2,1-3H3/t13-,16+/m1/s1. The average molecular weight is 320 g/mol. The maximum absolute atomic E-state index is 13.7. The van der Waals surface area contributed by atoms with Crippen LogP contribution in [0.15, 0.2) is 24.3 Å². The summed E-state index contributed by atoms with van der Waals surface area (Å²) in [6.07, 6.45) is 1.92. The number of methoxy groups -OCH3 is 1. The molecule has 0 aliphatic carbocycles. The molecule has 1 aromatic rings. The molecule has 0 saturated carbocycles. The first-order chi connectivity index (χ1) is 10.9. The fraction of sp³-hybridized carbons (Fsp3) is 0.611. The molecule has 4 nitrogen and oxygen atoms in total. The van der Waals surface area contributed by atoms with Gasteiger partial charge in [0.05, 0.1) is 0 Å². The van der Waals surface area contributed by atoms with E-state index in [9.17, 15) is 9.18 Å². The summed E-state index contributed by atoms with van der Waals surface area (Å²) >= 11 is 0. The van der Waals surface area contributed by atoms with Crippen molar-refractivity contribution in [1.82, 2.24) is 4.90 Å². The zero-order chi connectivity index (χ0) is 16.6. The molecular weight excluding hydrogens is 295 g/mol. The number of nitrogens with zero attached hydrogens (tertiary/aromatic N) is 2. The van der Waals surface area contributed by atoms with Crippen molar-refractivity contribution in [2.45, 2.75) is 38.3 Å². The van der Waals surface area contributed by atoms with Gasteiger partial charge in [0.25, 0.3) is 0 Å². The summed E-state index contributed by atoms with van der Waals surface area (Å²) in [6, 6.07) is 7.21. The van der Waals surface area contributed by atoms with Crippen molar-refractivity contribution >= 4 is 11.6 Å². The van der Waals surface area contributed by atoms with E-state index >= 15 is 0 Å². The Morgan fingerprint density at radius 3 is 2.91 bits per heavy atom. The number of carbonyl (C=O) groups is 1. The number of rotatable bonds is 3. The molecule has 2 aliphatic rings. The van der Waals surface area contributed by atoms with Crippen LogP contribution in [-0.4, -0.2) is 49.2 Å². The largest absolute Gasteiger partial charge is 0.375 e. The van der Waals surface area contributed by atoms with Gasteiger partial charge in [-0.25, -0.2) is 4.39 Å². The van der Waals surface area contributed by atoms with Gasteiger partial charge in [0.1, 0.15) is 12.4 Å². The maximum atomic E-state index is 13.7.